The van der Waals surface area contributed by atoms with Crippen molar-refractivity contribution in [1.29, 1.82) is 0 Å². The molecule has 2 aliphatic rings. The van der Waals surface area contributed by atoms with Crippen molar-refractivity contribution in [2.45, 2.75) is 58.0 Å². The van der Waals surface area contributed by atoms with Crippen LogP contribution in [0, 0.1) is 11.8 Å². The van der Waals surface area contributed by atoms with Crippen molar-refractivity contribution < 1.29 is 0 Å². The minimum Gasteiger partial charge on any atom is -0.327 e. The summed E-state index contributed by atoms with van der Waals surface area (Å²) in [7, 11) is 0. The Balaban J connectivity index is 1.84. The summed E-state index contributed by atoms with van der Waals surface area (Å²) in [5.74, 6) is 1.65. The lowest BCUT2D eigenvalue weighted by Crippen LogP contribution is -2.43. The first-order valence-electron chi connectivity index (χ1n) is 6.70. The van der Waals surface area contributed by atoms with Crippen molar-refractivity contribution in [2.75, 3.05) is 13.1 Å². The van der Waals surface area contributed by atoms with Gasteiger partial charge in [0.25, 0.3) is 0 Å². The van der Waals surface area contributed by atoms with Crippen LogP contribution in [0.1, 0.15) is 46.0 Å². The standard InChI is InChI=1S/C13H26N2/c1-3-15(12-5-6-12)9-11-8-10(2)4-7-13(11)14/h10-13H,3-9,14H2,1-2H3. The van der Waals surface area contributed by atoms with Gasteiger partial charge in [0.15, 0.2) is 0 Å². The van der Waals surface area contributed by atoms with Crippen LogP contribution in [0.15, 0.2) is 0 Å². The Hall–Kier alpha value is -0.0800. The molecule has 0 saturated heterocycles. The summed E-state index contributed by atoms with van der Waals surface area (Å²) < 4.78 is 0. The highest BCUT2D eigenvalue weighted by atomic mass is 15.2. The van der Waals surface area contributed by atoms with E-state index in [2.05, 4.69) is 18.7 Å². The van der Waals surface area contributed by atoms with Crippen LogP contribution in [-0.4, -0.2) is 30.1 Å². The van der Waals surface area contributed by atoms with Crippen LogP contribution < -0.4 is 5.73 Å². The minimum atomic E-state index is 0.467. The molecule has 0 bridgehead atoms. The molecule has 0 aromatic heterocycles. The van der Waals surface area contributed by atoms with Gasteiger partial charge in [0.2, 0.25) is 0 Å². The van der Waals surface area contributed by atoms with Crippen molar-refractivity contribution in [3.8, 4) is 0 Å². The molecule has 88 valence electrons. The van der Waals surface area contributed by atoms with E-state index >= 15 is 0 Å². The molecule has 15 heavy (non-hydrogen) atoms. The van der Waals surface area contributed by atoms with Crippen molar-refractivity contribution >= 4 is 0 Å². The SMILES string of the molecule is CCN(CC1CC(C)CCC1N)C1CC1. The molecule has 2 nitrogen and oxygen atoms in total. The summed E-state index contributed by atoms with van der Waals surface area (Å²) in [5.41, 5.74) is 6.24. The second kappa shape index (κ2) is 4.84. The zero-order chi connectivity index (χ0) is 10.8. The van der Waals surface area contributed by atoms with Crippen molar-refractivity contribution in [3.05, 3.63) is 0 Å². The molecular formula is C13H26N2. The number of nitrogens with two attached hydrogens (primary N) is 1. The molecule has 2 saturated carbocycles. The van der Waals surface area contributed by atoms with E-state index in [1.807, 2.05) is 0 Å². The van der Waals surface area contributed by atoms with Crippen molar-refractivity contribution in [1.82, 2.24) is 4.90 Å². The fourth-order valence-electron chi connectivity index (χ4n) is 3.01. The number of hydrogen-bond acceptors (Lipinski definition) is 2. The van der Waals surface area contributed by atoms with Crippen LogP contribution in [0.2, 0.25) is 0 Å². The molecule has 3 atom stereocenters. The lowest BCUT2D eigenvalue weighted by atomic mass is 9.79. The normalized spacial score (nSPS) is 37.2. The van der Waals surface area contributed by atoms with Crippen LogP contribution in [0.5, 0.6) is 0 Å². The van der Waals surface area contributed by atoms with Gasteiger partial charge in [-0.2, -0.15) is 0 Å². The van der Waals surface area contributed by atoms with E-state index in [9.17, 15) is 0 Å². The molecule has 0 aromatic carbocycles. The summed E-state index contributed by atoms with van der Waals surface area (Å²) >= 11 is 0. The Labute approximate surface area is 94.2 Å². The average molecular weight is 210 g/mol. The Kier molecular flexibility index (Phi) is 3.68. The Morgan fingerprint density at radius 3 is 2.53 bits per heavy atom. The zero-order valence-electron chi connectivity index (χ0n) is 10.3. The van der Waals surface area contributed by atoms with Crippen LogP contribution >= 0.6 is 0 Å². The van der Waals surface area contributed by atoms with Crippen LogP contribution in [-0.2, 0) is 0 Å². The number of hydrogen-bond donors (Lipinski definition) is 1. The van der Waals surface area contributed by atoms with E-state index in [1.54, 1.807) is 0 Å². The van der Waals surface area contributed by atoms with Gasteiger partial charge < -0.3 is 10.6 Å². The van der Waals surface area contributed by atoms with Gasteiger partial charge in [-0.1, -0.05) is 13.8 Å². The van der Waals surface area contributed by atoms with Gasteiger partial charge in [0, 0.05) is 18.6 Å². The maximum absolute atomic E-state index is 6.24. The highest BCUT2D eigenvalue weighted by Gasteiger charge is 2.33. The zero-order valence-corrected chi connectivity index (χ0v) is 10.3. The minimum absolute atomic E-state index is 0.467. The predicted octanol–water partition coefficient (Wildman–Crippen LogP) is 2.23. The second-order valence-electron chi connectivity index (χ2n) is 5.66. The lowest BCUT2D eigenvalue weighted by Gasteiger charge is -2.36. The van der Waals surface area contributed by atoms with Crippen molar-refractivity contribution in [3.63, 3.8) is 0 Å². The van der Waals surface area contributed by atoms with Gasteiger partial charge in [-0.25, -0.2) is 0 Å². The fraction of sp³-hybridized carbons (Fsp3) is 1.00. The molecule has 2 aliphatic carbocycles. The van der Waals surface area contributed by atoms with Gasteiger partial charge in [-0.3, -0.25) is 0 Å². The Morgan fingerprint density at radius 1 is 1.20 bits per heavy atom. The molecule has 3 unspecified atom stereocenters. The van der Waals surface area contributed by atoms with E-state index in [0.717, 1.165) is 17.9 Å². The van der Waals surface area contributed by atoms with Gasteiger partial charge in [0.1, 0.15) is 0 Å². The molecule has 2 N–H and O–H groups in total. The largest absolute Gasteiger partial charge is 0.327 e. The van der Waals surface area contributed by atoms with Crippen molar-refractivity contribution in [2.24, 2.45) is 17.6 Å². The number of rotatable bonds is 4. The van der Waals surface area contributed by atoms with Gasteiger partial charge in [0.05, 0.1) is 0 Å². The van der Waals surface area contributed by atoms with Crippen LogP contribution in [0.25, 0.3) is 0 Å². The third kappa shape index (κ3) is 2.94. The molecule has 0 aliphatic heterocycles. The summed E-state index contributed by atoms with van der Waals surface area (Å²) in [4.78, 5) is 2.66. The molecule has 0 amide bonds. The van der Waals surface area contributed by atoms with Crippen LogP contribution in [0.3, 0.4) is 0 Å². The molecule has 0 aromatic rings. The van der Waals surface area contributed by atoms with Crippen LogP contribution in [0.4, 0.5) is 0 Å². The molecule has 0 radical (unpaired) electrons. The topological polar surface area (TPSA) is 29.3 Å². The summed E-state index contributed by atoms with van der Waals surface area (Å²) in [6.45, 7) is 7.14. The third-order valence-electron chi connectivity index (χ3n) is 4.24. The fourth-order valence-corrected chi connectivity index (χ4v) is 3.01. The predicted molar refractivity (Wildman–Crippen MR) is 64.7 cm³/mol. The Bertz CT molecular complexity index is 201. The van der Waals surface area contributed by atoms with E-state index in [0.29, 0.717) is 6.04 Å². The first kappa shape index (κ1) is 11.4. The quantitative estimate of drug-likeness (QED) is 0.771. The second-order valence-corrected chi connectivity index (χ2v) is 5.66. The van der Waals surface area contributed by atoms with Gasteiger partial charge in [-0.05, 0) is 50.5 Å². The molecular weight excluding hydrogens is 184 g/mol. The molecule has 2 fully saturated rings. The van der Waals surface area contributed by atoms with Gasteiger partial charge >= 0.3 is 0 Å². The van der Waals surface area contributed by atoms with E-state index < -0.39 is 0 Å². The summed E-state index contributed by atoms with van der Waals surface area (Å²) in [6, 6.07) is 1.37. The smallest absolute Gasteiger partial charge is 0.00964 e. The molecule has 0 heterocycles. The monoisotopic (exact) mass is 210 g/mol. The maximum atomic E-state index is 6.24. The summed E-state index contributed by atoms with van der Waals surface area (Å²) in [5, 5.41) is 0. The van der Waals surface area contributed by atoms with E-state index in [4.69, 9.17) is 5.73 Å². The lowest BCUT2D eigenvalue weighted by molar-refractivity contribution is 0.160. The highest BCUT2D eigenvalue weighted by molar-refractivity contribution is 4.89. The van der Waals surface area contributed by atoms with E-state index in [1.165, 1.54) is 45.2 Å². The maximum Gasteiger partial charge on any atom is 0.00964 e. The summed E-state index contributed by atoms with van der Waals surface area (Å²) in [6.07, 6.45) is 6.78. The molecule has 2 rings (SSSR count). The third-order valence-corrected chi connectivity index (χ3v) is 4.24. The van der Waals surface area contributed by atoms with Gasteiger partial charge in [-0.15, -0.1) is 0 Å². The molecule has 2 heteroatoms. The molecule has 0 spiro atoms. The average Bonchev–Trinajstić information content (AvgIpc) is 3.03. The first-order chi connectivity index (χ1) is 7.20. The first-order valence-corrected chi connectivity index (χ1v) is 6.70. The van der Waals surface area contributed by atoms with E-state index in [-0.39, 0.29) is 0 Å². The Morgan fingerprint density at radius 2 is 1.93 bits per heavy atom. The number of nitrogens with zero attached hydrogens (tertiary/aromatic N) is 1. The highest BCUT2D eigenvalue weighted by Crippen LogP contribution is 2.32.